The van der Waals surface area contributed by atoms with Crippen LogP contribution in [0.5, 0.6) is 0 Å². The summed E-state index contributed by atoms with van der Waals surface area (Å²) in [6.07, 6.45) is 0. The zero-order chi connectivity index (χ0) is 3.58. The summed E-state index contributed by atoms with van der Waals surface area (Å²) in [7, 11) is 0. The van der Waals surface area contributed by atoms with Crippen LogP contribution in [0.2, 0.25) is 0 Å². The molecular weight excluding hydrogens is 105 g/mol. The van der Waals surface area contributed by atoms with Gasteiger partial charge in [0.1, 0.15) is 0 Å². The van der Waals surface area contributed by atoms with Gasteiger partial charge in [-0.25, -0.2) is 0 Å². The predicted molar refractivity (Wildman–Crippen MR) is 21.2 cm³/mol. The number of hydrogen-bond acceptors (Lipinski definition) is 1. The van der Waals surface area contributed by atoms with Crippen LogP contribution in [0.1, 0.15) is 0 Å². The molecule has 34 valence electrons. The molecule has 0 atom stereocenters. The first-order valence-corrected chi connectivity index (χ1v) is 1.96. The summed E-state index contributed by atoms with van der Waals surface area (Å²) in [5.41, 5.74) is 0. The molecule has 0 aromatic carbocycles. The molecule has 0 fully saturated rings. The van der Waals surface area contributed by atoms with E-state index in [2.05, 4.69) is 0 Å². The summed E-state index contributed by atoms with van der Waals surface area (Å²) in [5.74, 6) is 0. The van der Waals surface area contributed by atoms with Crippen LogP contribution < -0.4 is 6.15 Å². The van der Waals surface area contributed by atoms with E-state index < -0.39 is 15.5 Å². The Kier molecular flexibility index (Phi) is 24.5. The molecule has 0 saturated heterocycles. The fraction of sp³-hybridized carbons (Fsp3) is 0. The van der Waals surface area contributed by atoms with Gasteiger partial charge in [-0.05, 0) is 0 Å². The molecule has 1 nitrogen and oxygen atoms in total. The first kappa shape index (κ1) is 15.8. The third-order valence-corrected chi connectivity index (χ3v) is 0. The monoisotopic (exact) mass is 109 g/mol. The molecule has 6 heteroatoms. The first-order chi connectivity index (χ1) is 1.73. The van der Waals surface area contributed by atoms with Gasteiger partial charge in [0.05, 0.1) is 0 Å². The molecular formula is H4AlF3LiN. The minimum atomic E-state index is -4.64. The average molecular weight is 109 g/mol. The number of halogens is 3. The summed E-state index contributed by atoms with van der Waals surface area (Å²) in [4.78, 5) is 0. The second-order valence-corrected chi connectivity index (χ2v) is 0.742. The first-order valence-electron chi connectivity index (χ1n) is 0.655. The molecule has 0 saturated carbocycles. The fourth-order valence-corrected chi connectivity index (χ4v) is 0. The van der Waals surface area contributed by atoms with E-state index >= 15 is 0 Å². The van der Waals surface area contributed by atoms with Gasteiger partial charge in [-0.3, -0.25) is 0 Å². The minimum absolute atomic E-state index is 0. The van der Waals surface area contributed by atoms with Crippen LogP contribution in [0.25, 0.3) is 0 Å². The van der Waals surface area contributed by atoms with Crippen molar-refractivity contribution in [3.8, 4) is 0 Å². The zero-order valence-electron chi connectivity index (χ0n) is 2.42. The molecule has 6 heavy (non-hydrogen) atoms. The molecule has 0 spiro atoms. The third-order valence-electron chi connectivity index (χ3n) is 0. The van der Waals surface area contributed by atoms with E-state index in [0.717, 1.165) is 0 Å². The Labute approximate surface area is 51.5 Å². The molecule has 0 unspecified atom stereocenters. The summed E-state index contributed by atoms with van der Waals surface area (Å²) < 4.78 is 29.4. The van der Waals surface area contributed by atoms with Crippen LogP contribution in [-0.4, -0.2) is 34.4 Å². The summed E-state index contributed by atoms with van der Waals surface area (Å²) in [6, 6.07) is 0. The fourth-order valence-electron chi connectivity index (χ4n) is 0. The van der Waals surface area contributed by atoms with Crippen LogP contribution in [0.3, 0.4) is 0 Å². The van der Waals surface area contributed by atoms with E-state index in [1.165, 1.54) is 0 Å². The average Bonchev–Trinajstić information content (AvgIpc) is 0.811. The van der Waals surface area contributed by atoms with E-state index in [9.17, 15) is 10.6 Å². The standard InChI is InChI=1S/Al.3FH.Li.H3N.H/h;3*1H;;1H3;/q+3;;;;;;/p-3. The van der Waals surface area contributed by atoms with Gasteiger partial charge in [0, 0.05) is 0 Å². The summed E-state index contributed by atoms with van der Waals surface area (Å²) >= 11 is -4.64. The van der Waals surface area contributed by atoms with Crippen LogP contribution in [0, 0.1) is 0 Å². The molecule has 0 aliphatic carbocycles. The van der Waals surface area contributed by atoms with Crippen molar-refractivity contribution in [3.05, 3.63) is 0 Å². The van der Waals surface area contributed by atoms with E-state index in [1.807, 2.05) is 0 Å². The molecule has 0 radical (unpaired) electrons. The van der Waals surface area contributed by atoms with Gasteiger partial charge >= 0.3 is 34.4 Å². The Morgan fingerprint density at radius 1 is 1.00 bits per heavy atom. The SMILES string of the molecule is N.[F][Al]([F])[F].[LiH]. The Morgan fingerprint density at radius 3 is 1.00 bits per heavy atom. The van der Waals surface area contributed by atoms with Crippen molar-refractivity contribution in [2.24, 2.45) is 0 Å². The maximum absolute atomic E-state index is 9.81. The van der Waals surface area contributed by atoms with E-state index in [0.29, 0.717) is 0 Å². The molecule has 0 rings (SSSR count). The second kappa shape index (κ2) is 9.30. The van der Waals surface area contributed by atoms with Crippen molar-refractivity contribution in [2.75, 3.05) is 0 Å². The summed E-state index contributed by atoms with van der Waals surface area (Å²) in [5, 5.41) is 0. The number of rotatable bonds is 0. The maximum atomic E-state index is 9.81. The molecule has 0 aliphatic heterocycles. The number of hydrogen-bond donors (Lipinski definition) is 1. The van der Waals surface area contributed by atoms with Gasteiger partial charge in [0.25, 0.3) is 0 Å². The summed E-state index contributed by atoms with van der Waals surface area (Å²) in [6.45, 7) is 0. The third kappa shape index (κ3) is 94.9. The Hall–Kier alpha value is 0.880. The van der Waals surface area contributed by atoms with Gasteiger partial charge in [-0.1, -0.05) is 0 Å². The normalized spacial score (nSPS) is 4.50. The van der Waals surface area contributed by atoms with Crippen molar-refractivity contribution in [2.45, 2.75) is 0 Å². The Balaban J connectivity index is -0.0000000450. The van der Waals surface area contributed by atoms with Crippen molar-refractivity contribution in [3.63, 3.8) is 0 Å². The Morgan fingerprint density at radius 2 is 1.00 bits per heavy atom. The zero-order valence-corrected chi connectivity index (χ0v) is 3.57. The molecule has 0 aromatic rings. The molecule has 0 bridgehead atoms. The van der Waals surface area contributed by atoms with E-state index in [1.54, 1.807) is 0 Å². The molecule has 0 aliphatic rings. The molecule has 0 heterocycles. The van der Waals surface area contributed by atoms with Gasteiger partial charge in [-0.15, -0.1) is 0 Å². The molecule has 0 aromatic heterocycles. The van der Waals surface area contributed by atoms with Crippen molar-refractivity contribution in [1.82, 2.24) is 6.15 Å². The van der Waals surface area contributed by atoms with Crippen molar-refractivity contribution >= 4 is 34.4 Å². The Bertz CT molecular complexity index is 15.5. The van der Waals surface area contributed by atoms with Gasteiger partial charge in [0.15, 0.2) is 0 Å². The topological polar surface area (TPSA) is 35.0 Å². The van der Waals surface area contributed by atoms with E-state index in [4.69, 9.17) is 0 Å². The van der Waals surface area contributed by atoms with E-state index in [-0.39, 0.29) is 25.0 Å². The predicted octanol–water partition coefficient (Wildman–Crippen LogP) is 0.393. The second-order valence-electron chi connectivity index (χ2n) is 0.247. The molecule has 0 amide bonds. The van der Waals surface area contributed by atoms with Crippen LogP contribution in [-0.2, 0) is 0 Å². The van der Waals surface area contributed by atoms with Crippen LogP contribution in [0.4, 0.5) is 10.6 Å². The van der Waals surface area contributed by atoms with Crippen molar-refractivity contribution in [1.29, 1.82) is 0 Å². The van der Waals surface area contributed by atoms with Crippen LogP contribution >= 0.6 is 0 Å². The van der Waals surface area contributed by atoms with Crippen molar-refractivity contribution < 1.29 is 10.6 Å². The quantitative estimate of drug-likeness (QED) is 0.448. The van der Waals surface area contributed by atoms with Gasteiger partial charge < -0.3 is 16.7 Å². The van der Waals surface area contributed by atoms with Gasteiger partial charge in [0.2, 0.25) is 0 Å². The van der Waals surface area contributed by atoms with Crippen LogP contribution in [0.15, 0.2) is 0 Å². The van der Waals surface area contributed by atoms with Gasteiger partial charge in [-0.2, -0.15) is 0 Å². The molecule has 3 N–H and O–H groups in total.